The number of carbonyl (C=O) groups excluding carboxylic acids is 1. The number of hydrogen-bond donors (Lipinski definition) is 2. The fourth-order valence-electron chi connectivity index (χ4n) is 2.59. The molecule has 5 nitrogen and oxygen atoms in total. The summed E-state index contributed by atoms with van der Waals surface area (Å²) in [5.74, 6) is -0.0747. The minimum Gasteiger partial charge on any atom is -0.392 e. The Morgan fingerprint density at radius 3 is 2.62 bits per heavy atom. The number of aliphatic hydroxyl groups excluding tert-OH is 1. The fourth-order valence-corrected chi connectivity index (χ4v) is 2.59. The third kappa shape index (κ3) is 4.61. The van der Waals surface area contributed by atoms with Crippen molar-refractivity contribution >= 4 is 23.0 Å². The predicted molar refractivity (Wildman–Crippen MR) is 96.2 cm³/mol. The Morgan fingerprint density at radius 2 is 1.96 bits per heavy atom. The number of hydrogen-bond acceptors (Lipinski definition) is 4. The average molecular weight is 327 g/mol. The molecule has 0 aliphatic heterocycles. The smallest absolute Gasteiger partial charge is 0.244 e. The molecule has 0 aliphatic carbocycles. The summed E-state index contributed by atoms with van der Waals surface area (Å²) in [6.45, 7) is 8.21. The van der Waals surface area contributed by atoms with E-state index in [-0.39, 0.29) is 17.2 Å². The maximum absolute atomic E-state index is 12.0. The molecule has 1 atom stereocenters. The summed E-state index contributed by atoms with van der Waals surface area (Å²) in [5, 5.41) is 13.0. The van der Waals surface area contributed by atoms with Crippen molar-refractivity contribution < 1.29 is 9.90 Å². The van der Waals surface area contributed by atoms with E-state index < -0.39 is 6.10 Å². The highest BCUT2D eigenvalue weighted by molar-refractivity contribution is 5.91. The van der Waals surface area contributed by atoms with Crippen LogP contribution < -0.4 is 5.32 Å². The van der Waals surface area contributed by atoms with E-state index in [1.54, 1.807) is 12.3 Å². The van der Waals surface area contributed by atoms with Crippen LogP contribution in [0.4, 0.5) is 0 Å². The van der Waals surface area contributed by atoms with Gasteiger partial charge >= 0.3 is 0 Å². The van der Waals surface area contributed by atoms with Gasteiger partial charge in [0.1, 0.15) is 0 Å². The number of para-hydroxylation sites is 2. The average Bonchev–Trinajstić information content (AvgIpc) is 2.57. The number of fused-ring (bicyclic) bond motifs is 1. The third-order valence-electron chi connectivity index (χ3n) is 4.02. The number of nitrogens with zero attached hydrogens (tertiary/aromatic N) is 2. The molecule has 0 saturated carbocycles. The summed E-state index contributed by atoms with van der Waals surface area (Å²) in [6, 6.07) is 7.59. The molecular formula is C19H25N3O2. The zero-order valence-corrected chi connectivity index (χ0v) is 14.7. The van der Waals surface area contributed by atoms with E-state index in [1.165, 1.54) is 6.08 Å². The summed E-state index contributed by atoms with van der Waals surface area (Å²) in [5.41, 5.74) is 1.86. The Labute approximate surface area is 142 Å². The van der Waals surface area contributed by atoms with Crippen molar-refractivity contribution in [3.63, 3.8) is 0 Å². The Kier molecular flexibility index (Phi) is 5.67. The quantitative estimate of drug-likeness (QED) is 0.800. The molecule has 5 heteroatoms. The number of aliphatic hydroxyl groups is 1. The maximum atomic E-state index is 12.0. The molecule has 0 fully saturated rings. The van der Waals surface area contributed by atoms with Crippen molar-refractivity contribution in [2.24, 2.45) is 11.3 Å². The van der Waals surface area contributed by atoms with Crippen molar-refractivity contribution in [1.29, 1.82) is 0 Å². The van der Waals surface area contributed by atoms with E-state index in [9.17, 15) is 9.90 Å². The second-order valence-corrected chi connectivity index (χ2v) is 7.01. The number of carbonyl (C=O) groups is 1. The van der Waals surface area contributed by atoms with Gasteiger partial charge in [0.15, 0.2) is 0 Å². The van der Waals surface area contributed by atoms with Crippen LogP contribution in [0.25, 0.3) is 17.1 Å². The van der Waals surface area contributed by atoms with Crippen molar-refractivity contribution in [2.45, 2.75) is 33.8 Å². The van der Waals surface area contributed by atoms with E-state index in [1.807, 2.05) is 52.0 Å². The van der Waals surface area contributed by atoms with Crippen LogP contribution >= 0.6 is 0 Å². The first-order valence-corrected chi connectivity index (χ1v) is 8.15. The topological polar surface area (TPSA) is 75.1 Å². The highest BCUT2D eigenvalue weighted by Crippen LogP contribution is 2.25. The van der Waals surface area contributed by atoms with Crippen LogP contribution in [0.2, 0.25) is 0 Å². The zero-order chi connectivity index (χ0) is 17.7. The highest BCUT2D eigenvalue weighted by atomic mass is 16.3. The van der Waals surface area contributed by atoms with Gasteiger partial charge in [0.05, 0.1) is 29.0 Å². The molecule has 128 valence electrons. The number of rotatable bonds is 6. The lowest BCUT2D eigenvalue weighted by molar-refractivity contribution is -0.117. The minimum atomic E-state index is -0.479. The normalized spacial score (nSPS) is 13.6. The summed E-state index contributed by atoms with van der Waals surface area (Å²) in [4.78, 5) is 20.7. The lowest BCUT2D eigenvalue weighted by Gasteiger charge is -2.33. The van der Waals surface area contributed by atoms with Gasteiger partial charge in [-0.1, -0.05) is 39.8 Å². The van der Waals surface area contributed by atoms with Gasteiger partial charge in [-0.15, -0.1) is 0 Å². The number of benzene rings is 1. The molecule has 1 heterocycles. The summed E-state index contributed by atoms with van der Waals surface area (Å²) in [6.07, 6.45) is 4.24. The fraction of sp³-hybridized carbons (Fsp3) is 0.421. The van der Waals surface area contributed by atoms with Gasteiger partial charge in [0, 0.05) is 18.0 Å². The van der Waals surface area contributed by atoms with Crippen LogP contribution in [-0.4, -0.2) is 33.6 Å². The predicted octanol–water partition coefficient (Wildman–Crippen LogP) is 2.80. The summed E-state index contributed by atoms with van der Waals surface area (Å²) < 4.78 is 0. The minimum absolute atomic E-state index is 0.139. The first-order valence-electron chi connectivity index (χ1n) is 8.15. The van der Waals surface area contributed by atoms with Crippen molar-refractivity contribution in [1.82, 2.24) is 15.3 Å². The summed E-state index contributed by atoms with van der Waals surface area (Å²) >= 11 is 0. The number of amides is 1. The van der Waals surface area contributed by atoms with Crippen LogP contribution in [0.15, 0.2) is 36.5 Å². The summed E-state index contributed by atoms with van der Waals surface area (Å²) in [7, 11) is 0. The van der Waals surface area contributed by atoms with Gasteiger partial charge in [0.25, 0.3) is 0 Å². The van der Waals surface area contributed by atoms with Crippen molar-refractivity contribution in [3.05, 3.63) is 42.2 Å². The van der Waals surface area contributed by atoms with E-state index in [0.29, 0.717) is 12.2 Å². The Balaban J connectivity index is 1.97. The van der Waals surface area contributed by atoms with Crippen LogP contribution in [0.3, 0.4) is 0 Å². The molecule has 0 spiro atoms. The number of nitrogens with one attached hydrogen (secondary N) is 1. The molecule has 2 aromatic rings. The standard InChI is InChI=1S/C19H25N3O2/c1-13(2)18(24)19(3,4)12-21-17(23)10-9-14-11-20-15-7-5-6-8-16(15)22-14/h5-11,13,18,24H,12H2,1-4H3,(H,21,23)/b10-9+. The largest absolute Gasteiger partial charge is 0.392 e. The lowest BCUT2D eigenvalue weighted by atomic mass is 9.81. The van der Waals surface area contributed by atoms with Crippen LogP contribution in [0.1, 0.15) is 33.4 Å². The Morgan fingerprint density at radius 1 is 1.29 bits per heavy atom. The zero-order valence-electron chi connectivity index (χ0n) is 14.7. The van der Waals surface area contributed by atoms with Gasteiger partial charge in [-0.3, -0.25) is 9.78 Å². The van der Waals surface area contributed by atoms with Gasteiger partial charge in [-0.2, -0.15) is 0 Å². The van der Waals surface area contributed by atoms with E-state index in [0.717, 1.165) is 11.0 Å². The second-order valence-electron chi connectivity index (χ2n) is 7.01. The molecule has 1 amide bonds. The molecule has 0 radical (unpaired) electrons. The van der Waals surface area contributed by atoms with E-state index >= 15 is 0 Å². The molecule has 0 aliphatic rings. The molecule has 1 aromatic heterocycles. The van der Waals surface area contributed by atoms with E-state index in [4.69, 9.17) is 0 Å². The van der Waals surface area contributed by atoms with Gasteiger partial charge < -0.3 is 10.4 Å². The molecule has 2 rings (SSSR count). The SMILES string of the molecule is CC(C)C(O)C(C)(C)CNC(=O)/C=C/c1cnc2ccccc2n1. The van der Waals surface area contributed by atoms with Crippen LogP contribution in [-0.2, 0) is 4.79 Å². The van der Waals surface area contributed by atoms with Crippen LogP contribution in [0, 0.1) is 11.3 Å². The van der Waals surface area contributed by atoms with Crippen molar-refractivity contribution in [3.8, 4) is 0 Å². The van der Waals surface area contributed by atoms with Crippen LogP contribution in [0.5, 0.6) is 0 Å². The molecule has 0 saturated heterocycles. The molecule has 1 unspecified atom stereocenters. The monoisotopic (exact) mass is 327 g/mol. The highest BCUT2D eigenvalue weighted by Gasteiger charge is 2.30. The third-order valence-corrected chi connectivity index (χ3v) is 4.02. The molecular weight excluding hydrogens is 302 g/mol. The number of aromatic nitrogens is 2. The molecule has 24 heavy (non-hydrogen) atoms. The first-order chi connectivity index (χ1) is 11.3. The van der Waals surface area contributed by atoms with Crippen molar-refractivity contribution in [2.75, 3.05) is 6.54 Å². The lowest BCUT2D eigenvalue weighted by Crippen LogP contribution is -2.43. The molecule has 2 N–H and O–H groups in total. The Hall–Kier alpha value is -2.27. The van der Waals surface area contributed by atoms with Gasteiger partial charge in [-0.05, 0) is 24.1 Å². The van der Waals surface area contributed by atoms with Gasteiger partial charge in [-0.25, -0.2) is 4.98 Å². The maximum Gasteiger partial charge on any atom is 0.244 e. The first kappa shape index (κ1) is 18.1. The van der Waals surface area contributed by atoms with Gasteiger partial charge in [0.2, 0.25) is 5.91 Å². The Bertz CT molecular complexity index is 738. The second kappa shape index (κ2) is 7.53. The van der Waals surface area contributed by atoms with E-state index in [2.05, 4.69) is 15.3 Å². The molecule has 0 bridgehead atoms. The molecule has 1 aromatic carbocycles.